The van der Waals surface area contributed by atoms with Crippen molar-refractivity contribution >= 4 is 21.8 Å². The Morgan fingerprint density at radius 1 is 0.696 bits per heavy atom. The second kappa shape index (κ2) is 5.58. The zero-order chi connectivity index (χ0) is 15.8. The molecular formula is C22H21N. The van der Waals surface area contributed by atoms with Gasteiger partial charge in [-0.3, -0.25) is 0 Å². The maximum atomic E-state index is 3.65. The lowest BCUT2D eigenvalue weighted by atomic mass is 9.91. The van der Waals surface area contributed by atoms with Crippen LogP contribution in [0.25, 0.3) is 32.9 Å². The Bertz CT molecular complexity index is 991. The van der Waals surface area contributed by atoms with Gasteiger partial charge in [0.05, 0.1) is 5.52 Å². The van der Waals surface area contributed by atoms with E-state index in [1.165, 1.54) is 44.1 Å². The summed E-state index contributed by atoms with van der Waals surface area (Å²) in [4.78, 5) is 3.65. The van der Waals surface area contributed by atoms with Crippen molar-refractivity contribution in [3.05, 3.63) is 71.8 Å². The van der Waals surface area contributed by atoms with E-state index in [9.17, 15) is 0 Å². The largest absolute Gasteiger partial charge is 0.354 e. The fourth-order valence-corrected chi connectivity index (χ4v) is 3.69. The molecule has 0 saturated heterocycles. The first-order chi connectivity index (χ1) is 11.3. The predicted octanol–water partition coefficient (Wildman–Crippen LogP) is 6.11. The van der Waals surface area contributed by atoms with Crippen molar-refractivity contribution in [1.82, 2.24) is 4.98 Å². The zero-order valence-electron chi connectivity index (χ0n) is 13.7. The van der Waals surface area contributed by atoms with Gasteiger partial charge in [-0.1, -0.05) is 68.4 Å². The number of aromatic nitrogens is 1. The van der Waals surface area contributed by atoms with Crippen molar-refractivity contribution in [1.29, 1.82) is 0 Å². The molecule has 1 heteroatoms. The third-order valence-electron chi connectivity index (χ3n) is 4.83. The average molecular weight is 299 g/mol. The minimum atomic E-state index is 1.03. The third kappa shape index (κ3) is 2.16. The number of nitrogens with one attached hydrogen (secondary N) is 1. The van der Waals surface area contributed by atoms with Gasteiger partial charge in [-0.05, 0) is 41.2 Å². The van der Waals surface area contributed by atoms with Crippen LogP contribution in [0.1, 0.15) is 25.0 Å². The third-order valence-corrected chi connectivity index (χ3v) is 4.83. The second-order valence-corrected chi connectivity index (χ2v) is 6.05. The van der Waals surface area contributed by atoms with E-state index < -0.39 is 0 Å². The van der Waals surface area contributed by atoms with E-state index >= 15 is 0 Å². The summed E-state index contributed by atoms with van der Waals surface area (Å²) in [6, 6.07) is 21.9. The van der Waals surface area contributed by atoms with Crippen LogP contribution in [0.15, 0.2) is 60.7 Å². The van der Waals surface area contributed by atoms with Crippen molar-refractivity contribution < 1.29 is 0 Å². The smallest absolute Gasteiger partial charge is 0.0503 e. The molecule has 0 aliphatic rings. The van der Waals surface area contributed by atoms with Gasteiger partial charge >= 0.3 is 0 Å². The molecule has 1 N–H and O–H groups in total. The van der Waals surface area contributed by atoms with Gasteiger partial charge < -0.3 is 4.98 Å². The molecule has 4 rings (SSSR count). The maximum absolute atomic E-state index is 3.65. The molecule has 0 amide bonds. The van der Waals surface area contributed by atoms with Crippen LogP contribution >= 0.6 is 0 Å². The summed E-state index contributed by atoms with van der Waals surface area (Å²) >= 11 is 0. The molecule has 0 spiro atoms. The van der Waals surface area contributed by atoms with Crippen LogP contribution in [0.3, 0.4) is 0 Å². The van der Waals surface area contributed by atoms with Gasteiger partial charge in [0, 0.05) is 16.3 Å². The Labute approximate surface area is 137 Å². The molecule has 0 fully saturated rings. The molecule has 0 bridgehead atoms. The molecule has 1 aromatic heterocycles. The Balaban J connectivity index is 2.06. The summed E-state index contributed by atoms with van der Waals surface area (Å²) in [5.74, 6) is 0. The highest BCUT2D eigenvalue weighted by Gasteiger charge is 2.13. The van der Waals surface area contributed by atoms with Gasteiger partial charge in [-0.25, -0.2) is 0 Å². The number of aromatic amines is 1. The number of benzene rings is 3. The second-order valence-electron chi connectivity index (χ2n) is 6.05. The van der Waals surface area contributed by atoms with Crippen molar-refractivity contribution in [3.8, 4) is 11.1 Å². The van der Waals surface area contributed by atoms with E-state index in [1.807, 2.05) is 0 Å². The Morgan fingerprint density at radius 3 is 2.30 bits per heavy atom. The van der Waals surface area contributed by atoms with E-state index in [4.69, 9.17) is 0 Å². The predicted molar refractivity (Wildman–Crippen MR) is 100.0 cm³/mol. The fourth-order valence-electron chi connectivity index (χ4n) is 3.69. The Kier molecular flexibility index (Phi) is 3.42. The van der Waals surface area contributed by atoms with Gasteiger partial charge in [0.25, 0.3) is 0 Å². The quantitative estimate of drug-likeness (QED) is 0.469. The van der Waals surface area contributed by atoms with Gasteiger partial charge in [0.1, 0.15) is 0 Å². The molecule has 1 nitrogen and oxygen atoms in total. The molecule has 114 valence electrons. The number of aryl methyl sites for hydroxylation is 2. The number of hydrogen-bond donors (Lipinski definition) is 1. The van der Waals surface area contributed by atoms with E-state index in [0.29, 0.717) is 0 Å². The molecule has 0 unspecified atom stereocenters. The summed E-state index contributed by atoms with van der Waals surface area (Å²) in [5, 5.41) is 2.64. The van der Waals surface area contributed by atoms with E-state index in [1.54, 1.807) is 0 Å². The number of hydrogen-bond acceptors (Lipinski definition) is 0. The minimum Gasteiger partial charge on any atom is -0.354 e. The Morgan fingerprint density at radius 2 is 1.48 bits per heavy atom. The monoisotopic (exact) mass is 299 g/mol. The van der Waals surface area contributed by atoms with Crippen LogP contribution in [0, 0.1) is 0 Å². The lowest BCUT2D eigenvalue weighted by Gasteiger charge is -2.13. The van der Waals surface area contributed by atoms with Crippen molar-refractivity contribution in [2.24, 2.45) is 0 Å². The zero-order valence-corrected chi connectivity index (χ0v) is 13.7. The summed E-state index contributed by atoms with van der Waals surface area (Å²) in [6.45, 7) is 4.48. The molecule has 0 aliphatic heterocycles. The molecule has 0 aliphatic carbocycles. The van der Waals surface area contributed by atoms with Gasteiger partial charge in [-0.2, -0.15) is 0 Å². The highest BCUT2D eigenvalue weighted by Crippen LogP contribution is 2.35. The van der Waals surface area contributed by atoms with Crippen LogP contribution in [0.5, 0.6) is 0 Å². The van der Waals surface area contributed by atoms with Crippen LogP contribution < -0.4 is 0 Å². The van der Waals surface area contributed by atoms with Gasteiger partial charge in [0.15, 0.2) is 0 Å². The maximum Gasteiger partial charge on any atom is 0.0503 e. The van der Waals surface area contributed by atoms with Crippen molar-refractivity contribution in [2.75, 3.05) is 0 Å². The lowest BCUT2D eigenvalue weighted by Crippen LogP contribution is -1.93. The number of rotatable bonds is 3. The van der Waals surface area contributed by atoms with Crippen LogP contribution in [-0.4, -0.2) is 4.98 Å². The molecule has 3 aromatic carbocycles. The highest BCUT2D eigenvalue weighted by molar-refractivity contribution is 6.09. The van der Waals surface area contributed by atoms with Crippen LogP contribution in [-0.2, 0) is 12.8 Å². The summed E-state index contributed by atoms with van der Waals surface area (Å²) < 4.78 is 0. The molecular weight excluding hydrogens is 278 g/mol. The van der Waals surface area contributed by atoms with E-state index in [0.717, 1.165) is 12.8 Å². The fraction of sp³-hybridized carbons (Fsp3) is 0.182. The number of H-pyrrole nitrogens is 1. The number of para-hydroxylation sites is 1. The normalized spacial score (nSPS) is 11.4. The highest BCUT2D eigenvalue weighted by atomic mass is 14.7. The van der Waals surface area contributed by atoms with Crippen LogP contribution in [0.2, 0.25) is 0 Å². The van der Waals surface area contributed by atoms with Crippen LogP contribution in [0.4, 0.5) is 0 Å². The Hall–Kier alpha value is -2.54. The van der Waals surface area contributed by atoms with Crippen molar-refractivity contribution in [2.45, 2.75) is 26.7 Å². The molecule has 0 saturated carbocycles. The SMILES string of the molecule is CCc1ccccc1-c1ccc2c([nH]c3ccccc32)c1CC. The summed E-state index contributed by atoms with van der Waals surface area (Å²) in [5.41, 5.74) is 8.07. The number of fused-ring (bicyclic) bond motifs is 3. The lowest BCUT2D eigenvalue weighted by molar-refractivity contribution is 1.12. The first kappa shape index (κ1) is 14.1. The first-order valence-corrected chi connectivity index (χ1v) is 8.44. The van der Waals surface area contributed by atoms with Gasteiger partial charge in [0.2, 0.25) is 0 Å². The van der Waals surface area contributed by atoms with Crippen molar-refractivity contribution in [3.63, 3.8) is 0 Å². The summed E-state index contributed by atoms with van der Waals surface area (Å²) in [7, 11) is 0. The molecule has 23 heavy (non-hydrogen) atoms. The first-order valence-electron chi connectivity index (χ1n) is 8.44. The van der Waals surface area contributed by atoms with E-state index in [2.05, 4.69) is 79.5 Å². The molecule has 4 aromatic rings. The molecule has 0 radical (unpaired) electrons. The molecule has 1 heterocycles. The molecule has 0 atom stereocenters. The topological polar surface area (TPSA) is 15.8 Å². The standard InChI is InChI=1S/C22H21N/c1-3-15-9-5-6-10-17(15)18-13-14-20-19-11-7-8-12-21(19)23-22(20)16(18)4-2/h5-14,23H,3-4H2,1-2H3. The summed E-state index contributed by atoms with van der Waals surface area (Å²) in [6.07, 6.45) is 2.08. The van der Waals surface area contributed by atoms with Gasteiger partial charge in [-0.15, -0.1) is 0 Å². The average Bonchev–Trinajstić information content (AvgIpc) is 2.99. The van der Waals surface area contributed by atoms with E-state index in [-0.39, 0.29) is 0 Å². The minimum absolute atomic E-state index is 1.03.